The highest BCUT2D eigenvalue weighted by atomic mass is 32.2. The van der Waals surface area contributed by atoms with Gasteiger partial charge in [-0.1, -0.05) is 13.0 Å². The van der Waals surface area contributed by atoms with Gasteiger partial charge in [0.1, 0.15) is 15.0 Å². The number of nitrogens with one attached hydrogen (secondary N) is 2. The second-order valence-corrected chi connectivity index (χ2v) is 10.4. The van der Waals surface area contributed by atoms with Crippen LogP contribution in [0, 0.1) is 0 Å². The average Bonchev–Trinajstić information content (AvgIpc) is 3.39. The Kier molecular flexibility index (Phi) is 5.49. The number of nitrogens with zero attached hydrogens (tertiary/aromatic N) is 1. The van der Waals surface area contributed by atoms with E-state index in [1.807, 2.05) is 6.92 Å². The summed E-state index contributed by atoms with van der Waals surface area (Å²) in [6.45, 7) is 2.03. The molecule has 1 aliphatic rings. The number of fused-ring (bicyclic) bond motifs is 1. The number of sulfonamides is 1. The molecule has 12 heteroatoms. The third kappa shape index (κ3) is 4.44. The van der Waals surface area contributed by atoms with Crippen LogP contribution in [-0.2, 0) is 10.0 Å². The molecule has 0 radical (unpaired) electrons. The second kappa shape index (κ2) is 7.82. The minimum atomic E-state index is -4.91. The Labute approximate surface area is 178 Å². The summed E-state index contributed by atoms with van der Waals surface area (Å²) in [4.78, 5) is 7.70. The normalized spacial score (nSPS) is 17.3. The van der Waals surface area contributed by atoms with E-state index in [0.717, 1.165) is 34.6 Å². The van der Waals surface area contributed by atoms with Crippen LogP contribution in [0.5, 0.6) is 5.75 Å². The third-order valence-corrected chi connectivity index (χ3v) is 8.27. The molecule has 6 nitrogen and oxygen atoms in total. The molecule has 2 N–H and O–H groups in total. The highest BCUT2D eigenvalue weighted by Gasteiger charge is 2.32. The third-order valence-electron chi connectivity index (χ3n) is 4.35. The summed E-state index contributed by atoms with van der Waals surface area (Å²) in [5.74, 6) is 0.304. The molecule has 1 atom stereocenters. The van der Waals surface area contributed by atoms with Crippen molar-refractivity contribution in [3.8, 4) is 5.75 Å². The largest absolute Gasteiger partial charge is 0.573 e. The fourth-order valence-electron chi connectivity index (χ4n) is 2.99. The van der Waals surface area contributed by atoms with Crippen molar-refractivity contribution in [2.75, 3.05) is 10.5 Å². The summed E-state index contributed by atoms with van der Waals surface area (Å²) < 4.78 is 70.1. The van der Waals surface area contributed by atoms with Crippen LogP contribution in [0.15, 0.2) is 44.9 Å². The van der Waals surface area contributed by atoms with E-state index >= 15 is 0 Å². The van der Waals surface area contributed by atoms with Crippen molar-refractivity contribution in [3.63, 3.8) is 0 Å². The Bertz CT molecular complexity index is 1200. The van der Waals surface area contributed by atoms with E-state index in [4.69, 9.17) is 0 Å². The van der Waals surface area contributed by atoms with E-state index < -0.39 is 22.1 Å². The van der Waals surface area contributed by atoms with Crippen molar-refractivity contribution >= 4 is 54.8 Å². The Balaban J connectivity index is 1.80. The van der Waals surface area contributed by atoms with Crippen LogP contribution >= 0.6 is 23.1 Å². The SMILES string of the molecule is CCC1CSC(c2cc3cc(OC(F)(F)F)cc(NS(=O)(=O)c4cccs4)c3[nH]2)=N1. The monoisotopic (exact) mass is 475 g/mol. The van der Waals surface area contributed by atoms with Crippen LogP contribution < -0.4 is 9.46 Å². The van der Waals surface area contributed by atoms with Crippen molar-refractivity contribution in [2.24, 2.45) is 4.99 Å². The standard InChI is InChI=1S/C18H16F3N3O3S3/c1-2-11-9-29-17(22-11)14-7-10-6-12(27-18(19,20)21)8-13(16(10)23-14)24-30(25,26)15-4-3-5-28-15/h3-8,11,23-24H,2,9H2,1H3. The summed E-state index contributed by atoms with van der Waals surface area (Å²) in [6, 6.07) is 7.03. The molecule has 4 rings (SSSR count). The molecule has 0 fully saturated rings. The first-order chi connectivity index (χ1) is 14.1. The van der Waals surface area contributed by atoms with Gasteiger partial charge in [0.15, 0.2) is 0 Å². The van der Waals surface area contributed by atoms with Crippen LogP contribution in [0.2, 0.25) is 0 Å². The van der Waals surface area contributed by atoms with Gasteiger partial charge in [-0.15, -0.1) is 36.3 Å². The maximum atomic E-state index is 12.8. The molecule has 30 heavy (non-hydrogen) atoms. The summed E-state index contributed by atoms with van der Waals surface area (Å²) >= 11 is 2.55. The Hall–Kier alpha value is -2.18. The van der Waals surface area contributed by atoms with Gasteiger partial charge >= 0.3 is 6.36 Å². The van der Waals surface area contributed by atoms with E-state index in [1.165, 1.54) is 12.1 Å². The van der Waals surface area contributed by atoms with Crippen molar-refractivity contribution in [1.29, 1.82) is 0 Å². The first-order valence-corrected chi connectivity index (χ1v) is 12.2. The molecule has 0 saturated carbocycles. The zero-order valence-corrected chi connectivity index (χ0v) is 17.9. The zero-order chi connectivity index (χ0) is 21.5. The fourth-order valence-corrected chi connectivity index (χ4v) is 6.19. The number of halogens is 3. The van der Waals surface area contributed by atoms with Gasteiger partial charge in [0.05, 0.1) is 22.9 Å². The minimum absolute atomic E-state index is 0.0398. The molecule has 0 aliphatic carbocycles. The molecule has 0 spiro atoms. The van der Waals surface area contributed by atoms with E-state index in [9.17, 15) is 21.6 Å². The molecule has 1 unspecified atom stereocenters. The molecule has 0 amide bonds. The Morgan fingerprint density at radius 3 is 2.77 bits per heavy atom. The van der Waals surface area contributed by atoms with E-state index in [2.05, 4.69) is 19.4 Å². The topological polar surface area (TPSA) is 83.5 Å². The number of thiophene rings is 1. The van der Waals surface area contributed by atoms with Crippen molar-refractivity contribution < 1.29 is 26.3 Å². The summed E-state index contributed by atoms with van der Waals surface area (Å²) in [7, 11) is -3.97. The molecule has 1 aliphatic heterocycles. The van der Waals surface area contributed by atoms with E-state index in [-0.39, 0.29) is 15.9 Å². The van der Waals surface area contributed by atoms with Crippen LogP contribution in [0.4, 0.5) is 18.9 Å². The van der Waals surface area contributed by atoms with Crippen molar-refractivity contribution in [2.45, 2.75) is 30.0 Å². The number of aliphatic imine (C=N–C) groups is 1. The number of hydrogen-bond acceptors (Lipinski definition) is 6. The van der Waals surface area contributed by atoms with Crippen molar-refractivity contribution in [3.05, 3.63) is 41.4 Å². The Morgan fingerprint density at radius 1 is 1.33 bits per heavy atom. The molecule has 3 aromatic rings. The maximum Gasteiger partial charge on any atom is 0.573 e. The quantitative estimate of drug-likeness (QED) is 0.513. The van der Waals surface area contributed by atoms with Gasteiger partial charge in [-0.2, -0.15) is 0 Å². The lowest BCUT2D eigenvalue weighted by Crippen LogP contribution is -2.17. The van der Waals surface area contributed by atoms with Crippen molar-refractivity contribution in [1.82, 2.24) is 4.98 Å². The molecular weight excluding hydrogens is 459 g/mol. The lowest BCUT2D eigenvalue weighted by molar-refractivity contribution is -0.274. The molecule has 1 aromatic carbocycles. The number of rotatable bonds is 6. The van der Waals surface area contributed by atoms with E-state index in [0.29, 0.717) is 16.6 Å². The minimum Gasteiger partial charge on any atom is -0.406 e. The van der Waals surface area contributed by atoms with Gasteiger partial charge in [0, 0.05) is 17.2 Å². The number of alkyl halides is 3. The smallest absolute Gasteiger partial charge is 0.406 e. The number of anilines is 1. The van der Waals surface area contributed by atoms with Gasteiger partial charge in [-0.25, -0.2) is 8.42 Å². The summed E-state index contributed by atoms with van der Waals surface area (Å²) in [6.07, 6.45) is -4.03. The number of thioether (sulfide) groups is 1. The van der Waals surface area contributed by atoms with E-state index in [1.54, 1.807) is 29.3 Å². The zero-order valence-electron chi connectivity index (χ0n) is 15.5. The highest BCUT2D eigenvalue weighted by molar-refractivity contribution is 8.14. The molecule has 2 aromatic heterocycles. The number of aromatic amines is 1. The Morgan fingerprint density at radius 2 is 2.13 bits per heavy atom. The number of H-pyrrole nitrogens is 1. The highest BCUT2D eigenvalue weighted by Crippen LogP contribution is 2.36. The molecule has 3 heterocycles. The lowest BCUT2D eigenvalue weighted by Gasteiger charge is -2.12. The average molecular weight is 476 g/mol. The predicted molar refractivity (Wildman–Crippen MR) is 113 cm³/mol. The summed E-state index contributed by atoms with van der Waals surface area (Å²) in [5, 5.41) is 2.71. The molecular formula is C18H16F3N3O3S3. The van der Waals surface area contributed by atoms with Gasteiger partial charge in [0.2, 0.25) is 0 Å². The second-order valence-electron chi connectivity index (χ2n) is 6.51. The number of benzene rings is 1. The maximum absolute atomic E-state index is 12.8. The first-order valence-electron chi connectivity index (χ1n) is 8.84. The predicted octanol–water partition coefficient (Wildman–Crippen LogP) is 5.20. The van der Waals surface area contributed by atoms with Crippen LogP contribution in [0.3, 0.4) is 0 Å². The molecule has 0 bridgehead atoms. The van der Waals surface area contributed by atoms with Crippen LogP contribution in [-0.4, -0.2) is 36.6 Å². The van der Waals surface area contributed by atoms with Gasteiger partial charge in [0.25, 0.3) is 10.0 Å². The van der Waals surface area contributed by atoms with Gasteiger partial charge in [-0.3, -0.25) is 9.71 Å². The van der Waals surface area contributed by atoms with Gasteiger partial charge < -0.3 is 9.72 Å². The first kappa shape index (κ1) is 21.1. The fraction of sp³-hybridized carbons (Fsp3) is 0.278. The number of ether oxygens (including phenoxy) is 1. The molecule has 160 valence electrons. The lowest BCUT2D eigenvalue weighted by atomic mass is 10.2. The molecule has 0 saturated heterocycles. The number of aromatic nitrogens is 1. The van der Waals surface area contributed by atoms with Crippen LogP contribution in [0.1, 0.15) is 19.0 Å². The van der Waals surface area contributed by atoms with Crippen LogP contribution in [0.25, 0.3) is 10.9 Å². The summed E-state index contributed by atoms with van der Waals surface area (Å²) in [5.41, 5.74) is 0.927. The van der Waals surface area contributed by atoms with Gasteiger partial charge in [-0.05, 0) is 30.0 Å². The number of hydrogen-bond donors (Lipinski definition) is 2.